The number of aliphatic carboxylic acids is 1. The molecule has 1 heterocycles. The number of carboxylic acids is 1. The van der Waals surface area contributed by atoms with Crippen LogP contribution in [0, 0.1) is 5.92 Å². The fourth-order valence-corrected chi connectivity index (χ4v) is 4.67. The molecule has 2 aliphatic rings. The Bertz CT molecular complexity index is 1460. The van der Waals surface area contributed by atoms with Crippen LogP contribution in [0.4, 0.5) is 0 Å². The van der Waals surface area contributed by atoms with E-state index in [2.05, 4.69) is 31.9 Å². The van der Waals surface area contributed by atoms with E-state index >= 15 is 0 Å². The van der Waals surface area contributed by atoms with Gasteiger partial charge in [0, 0.05) is 25.1 Å². The summed E-state index contributed by atoms with van der Waals surface area (Å²) in [7, 11) is 0. The number of primary amides is 1. The van der Waals surface area contributed by atoms with Gasteiger partial charge < -0.3 is 47.5 Å². The molecule has 0 saturated heterocycles. The maximum absolute atomic E-state index is 13.0. The van der Waals surface area contributed by atoms with Crippen molar-refractivity contribution >= 4 is 53.2 Å². The number of amides is 8. The first kappa shape index (κ1) is 38.8. The van der Waals surface area contributed by atoms with Crippen LogP contribution in [-0.2, 0) is 54.3 Å². The van der Waals surface area contributed by atoms with Gasteiger partial charge >= 0.3 is 5.97 Å². The van der Waals surface area contributed by atoms with Gasteiger partial charge in [0.2, 0.25) is 35.4 Å². The van der Waals surface area contributed by atoms with E-state index in [1.807, 2.05) is 0 Å². The summed E-state index contributed by atoms with van der Waals surface area (Å²) in [4.78, 5) is 110. The molecule has 0 spiro atoms. The molecule has 1 aromatic rings. The molecule has 3 atom stereocenters. The SMILES string of the molecule is NC(=O)C(CC1CC1)OCNC(=O)CNC(=O)C(Cc1ccccc1)NC(=O)CNC(=O)CNC(=O)C(CNCC(=O)O)N1C(=O)C=CC1=O. The fourth-order valence-electron chi connectivity index (χ4n) is 4.67. The van der Waals surface area contributed by atoms with Crippen molar-refractivity contribution in [2.45, 2.75) is 43.9 Å². The maximum atomic E-state index is 13.0. The van der Waals surface area contributed by atoms with E-state index in [1.54, 1.807) is 30.3 Å². The first-order valence-corrected chi connectivity index (χ1v) is 15.6. The second-order valence-electron chi connectivity index (χ2n) is 11.4. The lowest BCUT2D eigenvalue weighted by atomic mass is 10.1. The average Bonchev–Trinajstić information content (AvgIpc) is 3.84. The predicted octanol–water partition coefficient (Wildman–Crippen LogP) is -4.23. The highest BCUT2D eigenvalue weighted by molar-refractivity contribution is 6.15. The lowest BCUT2D eigenvalue weighted by Gasteiger charge is -2.25. The number of nitrogens with one attached hydrogen (secondary N) is 6. The second-order valence-corrected chi connectivity index (χ2v) is 11.4. The van der Waals surface area contributed by atoms with Crippen LogP contribution in [-0.4, -0.2) is 121 Å². The monoisotopic (exact) mass is 700 g/mol. The first-order chi connectivity index (χ1) is 23.8. The fraction of sp³-hybridized carbons (Fsp3) is 0.452. The molecule has 19 nitrogen and oxygen atoms in total. The van der Waals surface area contributed by atoms with Crippen LogP contribution in [0.3, 0.4) is 0 Å². The largest absolute Gasteiger partial charge is 0.480 e. The Morgan fingerprint density at radius 1 is 0.820 bits per heavy atom. The number of hydrogen-bond acceptors (Lipinski definition) is 11. The van der Waals surface area contributed by atoms with E-state index in [1.165, 1.54) is 0 Å². The third-order valence-electron chi connectivity index (χ3n) is 7.41. The Morgan fingerprint density at radius 3 is 2.02 bits per heavy atom. The van der Waals surface area contributed by atoms with Gasteiger partial charge in [-0.05, 0) is 17.9 Å². The molecule has 270 valence electrons. The Morgan fingerprint density at radius 2 is 1.42 bits per heavy atom. The number of hydrogen-bond donors (Lipinski definition) is 8. The highest BCUT2D eigenvalue weighted by atomic mass is 16.5. The van der Waals surface area contributed by atoms with Crippen LogP contribution >= 0.6 is 0 Å². The molecule has 1 aliphatic heterocycles. The number of ether oxygens (including phenoxy) is 1. The summed E-state index contributed by atoms with van der Waals surface area (Å²) in [5.41, 5.74) is 6.03. The highest BCUT2D eigenvalue weighted by Gasteiger charge is 2.36. The lowest BCUT2D eigenvalue weighted by Crippen LogP contribution is -2.56. The number of carbonyl (C=O) groups excluding carboxylic acids is 8. The van der Waals surface area contributed by atoms with E-state index in [4.69, 9.17) is 15.6 Å². The van der Waals surface area contributed by atoms with Gasteiger partial charge in [-0.2, -0.15) is 0 Å². The van der Waals surface area contributed by atoms with Crippen molar-refractivity contribution in [1.29, 1.82) is 0 Å². The summed E-state index contributed by atoms with van der Waals surface area (Å²) in [5.74, 6) is -6.98. The summed E-state index contributed by atoms with van der Waals surface area (Å²) >= 11 is 0. The van der Waals surface area contributed by atoms with Crippen LogP contribution < -0.4 is 37.6 Å². The van der Waals surface area contributed by atoms with Crippen molar-refractivity contribution in [2.75, 3.05) is 39.5 Å². The van der Waals surface area contributed by atoms with Gasteiger partial charge in [-0.3, -0.25) is 48.1 Å². The van der Waals surface area contributed by atoms with Crippen LogP contribution in [0.25, 0.3) is 0 Å². The summed E-state index contributed by atoms with van der Waals surface area (Å²) in [6.07, 6.45) is 3.52. The van der Waals surface area contributed by atoms with Crippen molar-refractivity contribution in [3.05, 3.63) is 48.0 Å². The van der Waals surface area contributed by atoms with Gasteiger partial charge in [0.05, 0.1) is 26.2 Å². The zero-order valence-electron chi connectivity index (χ0n) is 27.0. The molecule has 1 fully saturated rings. The number of rotatable bonds is 22. The van der Waals surface area contributed by atoms with E-state index in [9.17, 15) is 43.2 Å². The molecule has 8 amide bonds. The van der Waals surface area contributed by atoms with Gasteiger partial charge in [0.25, 0.3) is 11.8 Å². The molecular weight excluding hydrogens is 660 g/mol. The van der Waals surface area contributed by atoms with Crippen molar-refractivity contribution in [2.24, 2.45) is 11.7 Å². The lowest BCUT2D eigenvalue weighted by molar-refractivity contribution is -0.145. The minimum Gasteiger partial charge on any atom is -0.480 e. The number of carboxylic acid groups (broad SMARTS) is 1. The topological polar surface area (TPSA) is 285 Å². The quantitative estimate of drug-likeness (QED) is 0.0422. The van der Waals surface area contributed by atoms with E-state index < -0.39 is 104 Å². The summed E-state index contributed by atoms with van der Waals surface area (Å²) < 4.78 is 5.37. The minimum atomic E-state index is -1.47. The molecule has 0 radical (unpaired) electrons. The van der Waals surface area contributed by atoms with Gasteiger partial charge in [-0.15, -0.1) is 0 Å². The number of imide groups is 1. The Labute approximate surface area is 286 Å². The van der Waals surface area contributed by atoms with E-state index in [0.29, 0.717) is 22.8 Å². The first-order valence-electron chi connectivity index (χ1n) is 15.6. The number of benzene rings is 1. The van der Waals surface area contributed by atoms with Gasteiger partial charge in [-0.1, -0.05) is 43.2 Å². The Balaban J connectivity index is 1.47. The molecule has 9 N–H and O–H groups in total. The van der Waals surface area contributed by atoms with Crippen molar-refractivity contribution in [1.82, 2.24) is 36.8 Å². The minimum absolute atomic E-state index is 0.0364. The smallest absolute Gasteiger partial charge is 0.317 e. The zero-order chi connectivity index (χ0) is 36.6. The molecule has 3 unspecified atom stereocenters. The molecule has 1 aliphatic carbocycles. The van der Waals surface area contributed by atoms with E-state index in [-0.39, 0.29) is 13.2 Å². The molecule has 19 heteroatoms. The number of carbonyl (C=O) groups is 9. The average molecular weight is 701 g/mol. The molecule has 3 rings (SSSR count). The van der Waals surface area contributed by atoms with Crippen molar-refractivity contribution in [3.8, 4) is 0 Å². The van der Waals surface area contributed by atoms with Crippen LogP contribution in [0.5, 0.6) is 0 Å². The summed E-state index contributed by atoms with van der Waals surface area (Å²) in [6.45, 7) is -3.01. The van der Waals surface area contributed by atoms with Gasteiger partial charge in [0.15, 0.2) is 0 Å². The van der Waals surface area contributed by atoms with Crippen LogP contribution in [0.1, 0.15) is 24.8 Å². The highest BCUT2D eigenvalue weighted by Crippen LogP contribution is 2.34. The Kier molecular flexibility index (Phi) is 15.0. The molecule has 50 heavy (non-hydrogen) atoms. The molecule has 1 aromatic carbocycles. The zero-order valence-corrected chi connectivity index (χ0v) is 27.0. The van der Waals surface area contributed by atoms with E-state index in [0.717, 1.165) is 25.0 Å². The molecule has 0 aromatic heterocycles. The van der Waals surface area contributed by atoms with Gasteiger partial charge in [0.1, 0.15) is 24.9 Å². The number of nitrogens with two attached hydrogens (primary N) is 1. The normalized spacial score (nSPS) is 15.4. The van der Waals surface area contributed by atoms with Crippen molar-refractivity contribution < 1.29 is 53.0 Å². The second kappa shape index (κ2) is 19.3. The van der Waals surface area contributed by atoms with Crippen LogP contribution in [0.2, 0.25) is 0 Å². The standard InChI is InChI=1S/C31H40N8O11/c32-29(47)22(11-19-6-7-19)50-17-37-24(41)14-35-30(48)20(10-18-4-2-1-3-5-18)38-25(42)15-34-23(40)13-36-31(49)21(12-33-16-28(45)46)39-26(43)8-9-27(39)44/h1-5,8-9,19-22,33H,6-7,10-17H2,(H2,32,47)(H,34,40)(H,35,48)(H,36,49)(H,37,41)(H,38,42)(H,45,46). The maximum Gasteiger partial charge on any atom is 0.317 e. The summed E-state index contributed by atoms with van der Waals surface area (Å²) in [6, 6.07) is 6.05. The van der Waals surface area contributed by atoms with Crippen LogP contribution in [0.15, 0.2) is 42.5 Å². The molecule has 1 saturated carbocycles. The summed E-state index contributed by atoms with van der Waals surface area (Å²) in [5, 5.41) is 23.1. The third kappa shape index (κ3) is 13.4. The number of nitrogens with zero attached hydrogens (tertiary/aromatic N) is 1. The molecular formula is C31H40N8O11. The Hall–Kier alpha value is -5.69. The van der Waals surface area contributed by atoms with Crippen molar-refractivity contribution in [3.63, 3.8) is 0 Å². The predicted molar refractivity (Wildman–Crippen MR) is 171 cm³/mol. The van der Waals surface area contributed by atoms with Gasteiger partial charge in [-0.25, -0.2) is 0 Å². The third-order valence-corrected chi connectivity index (χ3v) is 7.41. The molecule has 0 bridgehead atoms.